The molecule has 1 amide bonds. The van der Waals surface area contributed by atoms with Crippen molar-refractivity contribution in [3.63, 3.8) is 0 Å². The lowest BCUT2D eigenvalue weighted by Crippen LogP contribution is -2.43. The summed E-state index contributed by atoms with van der Waals surface area (Å²) in [4.78, 5) is 38.7. The fourth-order valence-corrected chi connectivity index (χ4v) is 2.36. The van der Waals surface area contributed by atoms with Crippen molar-refractivity contribution in [1.29, 1.82) is 0 Å². The van der Waals surface area contributed by atoms with Crippen molar-refractivity contribution < 1.29 is 9.90 Å². The third-order valence-corrected chi connectivity index (χ3v) is 3.37. The minimum Gasteiger partial charge on any atom is -0.494 e. The largest absolute Gasteiger partial charge is 0.494 e. The third-order valence-electron chi connectivity index (χ3n) is 3.37. The average molecular weight is 267 g/mol. The number of rotatable bonds is 2. The lowest BCUT2D eigenvalue weighted by Gasteiger charge is -2.29. The van der Waals surface area contributed by atoms with Crippen molar-refractivity contribution in [2.75, 3.05) is 13.1 Å². The predicted molar refractivity (Wildman–Crippen MR) is 68.1 cm³/mol. The molecule has 104 valence electrons. The molecule has 1 aromatic heterocycles. The monoisotopic (exact) mass is 267 g/mol. The van der Waals surface area contributed by atoms with E-state index in [2.05, 4.69) is 0 Å². The number of aromatic hydroxyl groups is 1. The Labute approximate surface area is 109 Å². The SMILES string of the molecule is CC(C(=O)N1CCCCC1)n1c(O)cc(=O)[nH]c1=O. The molecule has 2 N–H and O–H groups in total. The lowest BCUT2D eigenvalue weighted by atomic mass is 10.1. The molecule has 1 aliphatic heterocycles. The standard InChI is InChI=1S/C12H17N3O4/c1-8(11(18)14-5-3-2-4-6-14)15-10(17)7-9(16)13-12(15)19/h7-8,17H,2-6H2,1H3,(H,13,16,19). The molecule has 7 heteroatoms. The molecule has 7 nitrogen and oxygen atoms in total. The number of H-pyrrole nitrogens is 1. The molecule has 2 rings (SSSR count). The summed E-state index contributed by atoms with van der Waals surface area (Å²) in [5.74, 6) is -0.712. The van der Waals surface area contributed by atoms with Gasteiger partial charge in [0.05, 0.1) is 6.07 Å². The minimum atomic E-state index is -0.831. The molecule has 0 bridgehead atoms. The number of likely N-dealkylation sites (tertiary alicyclic amines) is 1. The van der Waals surface area contributed by atoms with Gasteiger partial charge in [-0.1, -0.05) is 0 Å². The van der Waals surface area contributed by atoms with Gasteiger partial charge in [0.2, 0.25) is 11.8 Å². The second kappa shape index (κ2) is 5.29. The summed E-state index contributed by atoms with van der Waals surface area (Å²) in [6, 6.07) is 0.0592. The van der Waals surface area contributed by atoms with Crippen LogP contribution in [-0.2, 0) is 4.79 Å². The third kappa shape index (κ3) is 2.69. The van der Waals surface area contributed by atoms with E-state index in [-0.39, 0.29) is 5.91 Å². The Hall–Kier alpha value is -2.05. The van der Waals surface area contributed by atoms with Crippen molar-refractivity contribution in [2.45, 2.75) is 32.2 Å². The highest BCUT2D eigenvalue weighted by atomic mass is 16.3. The Balaban J connectivity index is 2.28. The molecule has 1 aliphatic rings. The van der Waals surface area contributed by atoms with Crippen LogP contribution in [0.3, 0.4) is 0 Å². The second-order valence-corrected chi connectivity index (χ2v) is 4.73. The van der Waals surface area contributed by atoms with E-state index in [4.69, 9.17) is 0 Å². The van der Waals surface area contributed by atoms with Crippen LogP contribution in [0.5, 0.6) is 5.88 Å². The van der Waals surface area contributed by atoms with Crippen LogP contribution < -0.4 is 11.2 Å². The zero-order chi connectivity index (χ0) is 14.0. The van der Waals surface area contributed by atoms with Gasteiger partial charge >= 0.3 is 5.69 Å². The zero-order valence-corrected chi connectivity index (χ0v) is 10.8. The number of amides is 1. The molecule has 1 saturated heterocycles. The summed E-state index contributed by atoms with van der Waals surface area (Å²) in [6.07, 6.45) is 3.00. The molecule has 1 fully saturated rings. The van der Waals surface area contributed by atoms with Gasteiger partial charge < -0.3 is 10.0 Å². The van der Waals surface area contributed by atoms with Gasteiger partial charge in [-0.05, 0) is 26.2 Å². The Bertz CT molecular complexity index is 583. The topological polar surface area (TPSA) is 95.4 Å². The van der Waals surface area contributed by atoms with Gasteiger partial charge in [0.1, 0.15) is 6.04 Å². The van der Waals surface area contributed by atoms with E-state index in [1.807, 2.05) is 4.98 Å². The van der Waals surface area contributed by atoms with E-state index in [0.717, 1.165) is 29.9 Å². The summed E-state index contributed by atoms with van der Waals surface area (Å²) >= 11 is 0. The molecule has 2 heterocycles. The number of carbonyl (C=O) groups excluding carboxylic acids is 1. The van der Waals surface area contributed by atoms with Gasteiger partial charge in [-0.3, -0.25) is 19.1 Å². The molecular formula is C12H17N3O4. The molecule has 0 aromatic carbocycles. The first-order valence-corrected chi connectivity index (χ1v) is 6.34. The lowest BCUT2D eigenvalue weighted by molar-refractivity contribution is -0.135. The van der Waals surface area contributed by atoms with E-state index < -0.39 is 23.2 Å². The van der Waals surface area contributed by atoms with Gasteiger partial charge in [-0.15, -0.1) is 0 Å². The van der Waals surface area contributed by atoms with Gasteiger partial charge in [-0.2, -0.15) is 0 Å². The number of carbonyl (C=O) groups is 1. The number of nitrogens with one attached hydrogen (secondary N) is 1. The zero-order valence-electron chi connectivity index (χ0n) is 10.8. The Morgan fingerprint density at radius 1 is 1.32 bits per heavy atom. The highest BCUT2D eigenvalue weighted by Crippen LogP contribution is 2.17. The first kappa shape index (κ1) is 13.4. The molecule has 1 aromatic rings. The maximum Gasteiger partial charge on any atom is 0.331 e. The molecule has 0 radical (unpaired) electrons. The number of hydrogen-bond donors (Lipinski definition) is 2. The first-order chi connectivity index (χ1) is 9.00. The van der Waals surface area contributed by atoms with Crippen molar-refractivity contribution in [2.24, 2.45) is 0 Å². The molecule has 0 spiro atoms. The van der Waals surface area contributed by atoms with Gasteiger partial charge in [0.25, 0.3) is 5.56 Å². The van der Waals surface area contributed by atoms with Gasteiger partial charge in [-0.25, -0.2) is 4.79 Å². The van der Waals surface area contributed by atoms with Gasteiger partial charge in [0, 0.05) is 13.1 Å². The number of piperidine rings is 1. The van der Waals surface area contributed by atoms with Crippen LogP contribution >= 0.6 is 0 Å². The van der Waals surface area contributed by atoms with Crippen LogP contribution in [0.4, 0.5) is 0 Å². The van der Waals surface area contributed by atoms with Crippen LogP contribution in [0.1, 0.15) is 32.2 Å². The Kier molecular flexibility index (Phi) is 3.73. The second-order valence-electron chi connectivity index (χ2n) is 4.73. The van der Waals surface area contributed by atoms with Crippen LogP contribution in [-0.4, -0.2) is 38.6 Å². The first-order valence-electron chi connectivity index (χ1n) is 6.34. The van der Waals surface area contributed by atoms with Crippen molar-refractivity contribution in [1.82, 2.24) is 14.5 Å². The van der Waals surface area contributed by atoms with E-state index in [0.29, 0.717) is 13.1 Å². The van der Waals surface area contributed by atoms with Gasteiger partial charge in [0.15, 0.2) is 0 Å². The molecule has 1 unspecified atom stereocenters. The number of nitrogens with zero attached hydrogens (tertiary/aromatic N) is 2. The quantitative estimate of drug-likeness (QED) is 0.776. The fourth-order valence-electron chi connectivity index (χ4n) is 2.36. The maximum atomic E-state index is 12.3. The summed E-state index contributed by atoms with van der Waals surface area (Å²) < 4.78 is 0.901. The summed E-state index contributed by atoms with van der Waals surface area (Å²) in [7, 11) is 0. The fraction of sp³-hybridized carbons (Fsp3) is 0.583. The van der Waals surface area contributed by atoms with Crippen LogP contribution in [0.25, 0.3) is 0 Å². The van der Waals surface area contributed by atoms with Crippen molar-refractivity contribution in [3.8, 4) is 5.88 Å². The Morgan fingerprint density at radius 2 is 1.95 bits per heavy atom. The Morgan fingerprint density at radius 3 is 2.53 bits per heavy atom. The average Bonchev–Trinajstić information content (AvgIpc) is 2.37. The van der Waals surface area contributed by atoms with Crippen molar-refractivity contribution in [3.05, 3.63) is 26.9 Å². The van der Waals surface area contributed by atoms with Crippen LogP contribution in [0, 0.1) is 0 Å². The van der Waals surface area contributed by atoms with Crippen LogP contribution in [0.15, 0.2) is 15.7 Å². The maximum absolute atomic E-state index is 12.3. The summed E-state index contributed by atoms with van der Waals surface area (Å²) in [5, 5.41) is 9.66. The number of aromatic nitrogens is 2. The van der Waals surface area contributed by atoms with E-state index in [9.17, 15) is 19.5 Å². The molecule has 0 aliphatic carbocycles. The molecule has 1 atom stereocenters. The molecule has 19 heavy (non-hydrogen) atoms. The highest BCUT2D eigenvalue weighted by molar-refractivity contribution is 5.80. The summed E-state index contributed by atoms with van der Waals surface area (Å²) in [6.45, 7) is 2.88. The minimum absolute atomic E-state index is 0.218. The smallest absolute Gasteiger partial charge is 0.331 e. The van der Waals surface area contributed by atoms with Crippen molar-refractivity contribution >= 4 is 5.91 Å². The normalized spacial score (nSPS) is 17.2. The number of aromatic amines is 1. The van der Waals surface area contributed by atoms with Crippen LogP contribution in [0.2, 0.25) is 0 Å². The summed E-state index contributed by atoms with van der Waals surface area (Å²) in [5.41, 5.74) is -1.46. The molecular weight excluding hydrogens is 250 g/mol. The predicted octanol–water partition coefficient (Wildman–Crippen LogP) is -0.184. The van der Waals surface area contributed by atoms with E-state index in [1.54, 1.807) is 4.90 Å². The molecule has 0 saturated carbocycles. The van der Waals surface area contributed by atoms with E-state index in [1.165, 1.54) is 6.92 Å². The number of hydrogen-bond acceptors (Lipinski definition) is 4. The highest BCUT2D eigenvalue weighted by Gasteiger charge is 2.25. The van der Waals surface area contributed by atoms with E-state index >= 15 is 0 Å².